The number of aromatic nitrogens is 7. The lowest BCUT2D eigenvalue weighted by Gasteiger charge is -2.35. The van der Waals surface area contributed by atoms with Crippen LogP contribution in [0.4, 0.5) is 0 Å². The molecule has 0 unspecified atom stereocenters. The predicted octanol–water partition coefficient (Wildman–Crippen LogP) is 23.4. The molecule has 0 bridgehead atoms. The standard InChI is InChI=1S/C55H36N4SSi.C30H21ClSSi.C26H17N3/c1-4-18-37(19-5-1)58-47-30-13-14-31-48(47)59-49-35-34-44-42-26-10-12-29-46(42)57(53(44)52(49)56-55(58)59)38-20-16-25-41(36-38)61(39-21-6-2-7-22-39,40-23-8-3-9-24-40)51-33-17-28-45-43-27-11-15-32-50(43)60-54(45)51;31-22-11-9-16-25(21-22)33(23-12-3-1-4-13-23,24-14-5-2-6-15-24)29-20-10-18-27-26-17-7-8-19-28(26)32-30(27)29;1-2-9-18(10-3-1)28-22-12-6-7-13-23(22)29-24-15-14-20-19-11-5-4-8-17(19)16-21(20)25(24)27-26(28)29/h1-36H;1-21H;1-15H,16H2. The largest absolute Gasteiger partial charge is 0.307 e. The van der Waals surface area contributed by atoms with Crippen LogP contribution in [0.3, 0.4) is 0 Å². The molecular weight excluding hydrogens is 1590 g/mol. The van der Waals surface area contributed by atoms with E-state index in [2.05, 4.69) is 453 Å². The van der Waals surface area contributed by atoms with Crippen molar-refractivity contribution < 1.29 is 0 Å². The Kier molecular flexibility index (Phi) is 17.3. The van der Waals surface area contributed by atoms with Crippen LogP contribution in [0, 0.1) is 0 Å². The molecular formula is C111H74ClN7S2Si2. The molecule has 25 aromatic rings. The smallest absolute Gasteiger partial charge is 0.220 e. The average molecular weight is 1660 g/mol. The summed E-state index contributed by atoms with van der Waals surface area (Å²) in [4.78, 5) is 10.8. The van der Waals surface area contributed by atoms with Gasteiger partial charge in [0, 0.05) is 79.6 Å². The topological polar surface area (TPSA) is 49.4 Å². The molecule has 1 aliphatic carbocycles. The van der Waals surface area contributed by atoms with Crippen LogP contribution < -0.4 is 41.5 Å². The Morgan fingerprint density at radius 2 is 0.650 bits per heavy atom. The van der Waals surface area contributed by atoms with Crippen LogP contribution in [0.2, 0.25) is 5.02 Å². The first kappa shape index (κ1) is 72.5. The second-order valence-electron chi connectivity index (χ2n) is 31.9. The number of hydrogen-bond donors (Lipinski definition) is 0. The minimum atomic E-state index is -2.98. The molecule has 7 aromatic heterocycles. The molecule has 0 atom stereocenters. The number of nitrogens with zero attached hydrogens (tertiary/aromatic N) is 7. The van der Waals surface area contributed by atoms with E-state index >= 15 is 0 Å². The Morgan fingerprint density at radius 3 is 1.18 bits per heavy atom. The van der Waals surface area contributed by atoms with E-state index in [1.165, 1.54) is 131 Å². The van der Waals surface area contributed by atoms with Crippen LogP contribution in [0.1, 0.15) is 11.1 Å². The fourth-order valence-electron chi connectivity index (χ4n) is 20.3. The van der Waals surface area contributed by atoms with Gasteiger partial charge in [-0.15, -0.1) is 22.7 Å². The van der Waals surface area contributed by atoms with Crippen molar-refractivity contribution >= 4 is 210 Å². The van der Waals surface area contributed by atoms with Crippen molar-refractivity contribution in [1.82, 2.24) is 32.5 Å². The molecule has 0 radical (unpaired) electrons. The second-order valence-corrected chi connectivity index (χ2v) is 42.0. The lowest BCUT2D eigenvalue weighted by Crippen LogP contribution is -2.74. The van der Waals surface area contributed by atoms with Crippen LogP contribution in [-0.2, 0) is 6.42 Å². The molecule has 0 spiro atoms. The number of benzene rings is 18. The van der Waals surface area contributed by atoms with Gasteiger partial charge in [0.15, 0.2) is 16.1 Å². The van der Waals surface area contributed by atoms with Gasteiger partial charge in [0.25, 0.3) is 0 Å². The van der Waals surface area contributed by atoms with Gasteiger partial charge in [0.05, 0.1) is 49.7 Å². The lowest BCUT2D eigenvalue weighted by atomic mass is 10.1. The maximum atomic E-state index is 6.62. The van der Waals surface area contributed by atoms with Crippen molar-refractivity contribution in [1.29, 1.82) is 0 Å². The van der Waals surface area contributed by atoms with Crippen molar-refractivity contribution in [3.63, 3.8) is 0 Å². The quantitative estimate of drug-likeness (QED) is 0.0957. The fraction of sp³-hybridized carbons (Fsp3) is 0.00901. The number of rotatable bonds is 11. The van der Waals surface area contributed by atoms with E-state index in [0.29, 0.717) is 0 Å². The van der Waals surface area contributed by atoms with Crippen molar-refractivity contribution in [2.24, 2.45) is 0 Å². The van der Waals surface area contributed by atoms with Crippen molar-refractivity contribution in [3.8, 4) is 28.2 Å². The van der Waals surface area contributed by atoms with Crippen LogP contribution in [0.5, 0.6) is 0 Å². The molecule has 1 aliphatic rings. The third kappa shape index (κ3) is 11.3. The Hall–Kier alpha value is -14.5. The van der Waals surface area contributed by atoms with E-state index < -0.39 is 16.1 Å². The molecule has 580 valence electrons. The van der Waals surface area contributed by atoms with Gasteiger partial charge in [-0.3, -0.25) is 17.9 Å². The highest BCUT2D eigenvalue weighted by Crippen LogP contribution is 2.44. The Balaban J connectivity index is 0.000000115. The van der Waals surface area contributed by atoms with Gasteiger partial charge in [-0.25, -0.2) is 9.97 Å². The molecule has 0 N–H and O–H groups in total. The summed E-state index contributed by atoms with van der Waals surface area (Å²) in [7, 11) is -5.61. The number of para-hydroxylation sites is 7. The highest BCUT2D eigenvalue weighted by Gasteiger charge is 2.45. The average Bonchev–Trinajstić information content (AvgIpc) is 1.63. The van der Waals surface area contributed by atoms with Gasteiger partial charge in [-0.1, -0.05) is 339 Å². The number of thiophene rings is 2. The Bertz CT molecular complexity index is 8360. The van der Waals surface area contributed by atoms with Crippen LogP contribution >= 0.6 is 34.3 Å². The van der Waals surface area contributed by atoms with E-state index in [4.69, 9.17) is 21.6 Å². The van der Waals surface area contributed by atoms with E-state index in [9.17, 15) is 0 Å². The van der Waals surface area contributed by atoms with Gasteiger partial charge in [0.2, 0.25) is 11.6 Å². The van der Waals surface area contributed by atoms with Gasteiger partial charge >= 0.3 is 0 Å². The third-order valence-corrected chi connectivity index (χ3v) is 38.1. The highest BCUT2D eigenvalue weighted by molar-refractivity contribution is 7.31. The first-order valence-electron chi connectivity index (χ1n) is 41.8. The van der Waals surface area contributed by atoms with E-state index in [-0.39, 0.29) is 0 Å². The number of imidazole rings is 4. The summed E-state index contributed by atoms with van der Waals surface area (Å²) in [6, 6.07) is 159. The first-order chi connectivity index (χ1) is 61.0. The molecule has 7 nitrogen and oxygen atoms in total. The minimum absolute atomic E-state index is 0.778. The van der Waals surface area contributed by atoms with Gasteiger partial charge in [0.1, 0.15) is 5.52 Å². The van der Waals surface area contributed by atoms with Crippen LogP contribution in [0.15, 0.2) is 437 Å². The summed E-state index contributed by atoms with van der Waals surface area (Å²) in [5, 5.41) is 19.4. The molecule has 0 amide bonds. The van der Waals surface area contributed by atoms with Crippen molar-refractivity contribution in [2.75, 3.05) is 0 Å². The monoisotopic (exact) mass is 1660 g/mol. The molecule has 123 heavy (non-hydrogen) atoms. The zero-order valence-electron chi connectivity index (χ0n) is 66.6. The Morgan fingerprint density at radius 1 is 0.260 bits per heavy atom. The number of halogens is 1. The number of hydrogen-bond acceptors (Lipinski definition) is 4. The van der Waals surface area contributed by atoms with E-state index in [1.54, 1.807) is 0 Å². The molecule has 0 saturated heterocycles. The maximum absolute atomic E-state index is 6.62. The lowest BCUT2D eigenvalue weighted by molar-refractivity contribution is 1.11. The highest BCUT2D eigenvalue weighted by atomic mass is 35.5. The molecule has 0 aliphatic heterocycles. The molecule has 0 fully saturated rings. The molecule has 26 rings (SSSR count). The Labute approximate surface area is 724 Å². The molecule has 12 heteroatoms. The van der Waals surface area contributed by atoms with E-state index in [0.717, 1.165) is 78.7 Å². The summed E-state index contributed by atoms with van der Waals surface area (Å²) in [5.41, 5.74) is 20.0. The molecule has 18 aromatic carbocycles. The molecule has 7 heterocycles. The summed E-state index contributed by atoms with van der Waals surface area (Å²) in [6.45, 7) is 0. The minimum Gasteiger partial charge on any atom is -0.307 e. The third-order valence-electron chi connectivity index (χ3n) is 25.4. The second kappa shape index (κ2) is 29.4. The SMILES string of the molecule is Clc1cccc([Si](c2ccccc2)(c2ccccc2)c2cccc3c2sc2ccccc23)c1.c1ccc(-n2c3ccccc3n3c4ccc5c(c4nc23)Cc2ccccc2-5)cc1.c1ccc(-n2c3ccccc3n3c4ccc5c6ccccc6n(-c6cccc([Si](c7ccccc7)(c7ccccc7)c7cccc8c7sc7ccccc78)c6)c5c4nc23)cc1. The first-order valence-corrected chi connectivity index (χ1v) is 47.9. The van der Waals surface area contributed by atoms with E-state index in [1.807, 2.05) is 28.7 Å². The zero-order chi connectivity index (χ0) is 81.3. The van der Waals surface area contributed by atoms with Gasteiger partial charge in [-0.05, 0) is 173 Å². The van der Waals surface area contributed by atoms with Crippen molar-refractivity contribution in [2.45, 2.75) is 6.42 Å². The zero-order valence-corrected chi connectivity index (χ0v) is 71.0. The normalized spacial score (nSPS) is 12.2. The molecule has 0 saturated carbocycles. The van der Waals surface area contributed by atoms with Crippen molar-refractivity contribution in [3.05, 3.63) is 453 Å². The predicted molar refractivity (Wildman–Crippen MR) is 526 cm³/mol. The maximum Gasteiger partial charge on any atom is 0.220 e. The van der Waals surface area contributed by atoms with Crippen LogP contribution in [0.25, 0.3) is 146 Å². The van der Waals surface area contributed by atoms with Gasteiger partial charge in [-0.2, -0.15) is 0 Å². The van der Waals surface area contributed by atoms with Gasteiger partial charge < -0.3 is 4.57 Å². The summed E-state index contributed by atoms with van der Waals surface area (Å²) < 4.78 is 17.1. The summed E-state index contributed by atoms with van der Waals surface area (Å²) in [6.07, 6.45) is 0.951. The summed E-state index contributed by atoms with van der Waals surface area (Å²) >= 11 is 10.5. The fourth-order valence-corrected chi connectivity index (χ4v) is 33.8. The van der Waals surface area contributed by atoms with Crippen LogP contribution in [-0.4, -0.2) is 48.6 Å². The number of fused-ring (bicyclic) bond motifs is 24. The summed E-state index contributed by atoms with van der Waals surface area (Å²) in [5.74, 6) is 1.87.